The van der Waals surface area contributed by atoms with Gasteiger partial charge in [0.05, 0.1) is 12.7 Å². The Hall–Kier alpha value is -2.43. The van der Waals surface area contributed by atoms with Gasteiger partial charge in [-0.05, 0) is 30.3 Å². The quantitative estimate of drug-likeness (QED) is 0.787. The van der Waals surface area contributed by atoms with Crippen molar-refractivity contribution in [2.75, 3.05) is 12.8 Å². The molecule has 5 heteroatoms. The molecule has 4 N–H and O–H groups in total. The van der Waals surface area contributed by atoms with Gasteiger partial charge in [0, 0.05) is 5.69 Å². The summed E-state index contributed by atoms with van der Waals surface area (Å²) < 4.78 is 10.5. The van der Waals surface area contributed by atoms with Crippen molar-refractivity contribution in [1.82, 2.24) is 0 Å². The van der Waals surface area contributed by atoms with Crippen LogP contribution in [0, 0.1) is 0 Å². The zero-order chi connectivity index (χ0) is 12.4. The van der Waals surface area contributed by atoms with Gasteiger partial charge in [0.15, 0.2) is 5.76 Å². The Morgan fingerprint density at radius 1 is 1.29 bits per heavy atom. The lowest BCUT2D eigenvalue weighted by molar-refractivity contribution is 0.0974. The summed E-state index contributed by atoms with van der Waals surface area (Å²) in [6.07, 6.45) is 0. The number of amides is 1. The lowest BCUT2D eigenvalue weighted by atomic mass is 10.1. The fourth-order valence-electron chi connectivity index (χ4n) is 1.53. The SMILES string of the molecule is COc1ccc(N)cc1-c1ccc(C(N)=O)o1. The Morgan fingerprint density at radius 3 is 2.65 bits per heavy atom. The van der Waals surface area contributed by atoms with Gasteiger partial charge in [-0.1, -0.05) is 0 Å². The first-order valence-electron chi connectivity index (χ1n) is 4.95. The van der Waals surface area contributed by atoms with Gasteiger partial charge in [0.2, 0.25) is 0 Å². The fraction of sp³-hybridized carbons (Fsp3) is 0.0833. The monoisotopic (exact) mass is 232 g/mol. The van der Waals surface area contributed by atoms with Crippen molar-refractivity contribution in [2.45, 2.75) is 0 Å². The minimum atomic E-state index is -0.612. The van der Waals surface area contributed by atoms with E-state index in [9.17, 15) is 4.79 Å². The molecule has 0 saturated heterocycles. The molecule has 0 radical (unpaired) electrons. The van der Waals surface area contributed by atoms with Crippen molar-refractivity contribution in [3.8, 4) is 17.1 Å². The van der Waals surface area contributed by atoms with E-state index in [0.29, 0.717) is 22.8 Å². The summed E-state index contributed by atoms with van der Waals surface area (Å²) in [4.78, 5) is 10.9. The van der Waals surface area contributed by atoms with E-state index in [1.165, 1.54) is 6.07 Å². The Labute approximate surface area is 98.0 Å². The summed E-state index contributed by atoms with van der Waals surface area (Å²) in [6.45, 7) is 0. The highest BCUT2D eigenvalue weighted by Gasteiger charge is 2.12. The summed E-state index contributed by atoms with van der Waals surface area (Å²) in [7, 11) is 1.55. The Bertz CT molecular complexity index is 561. The maximum Gasteiger partial charge on any atom is 0.284 e. The van der Waals surface area contributed by atoms with Crippen LogP contribution in [0.3, 0.4) is 0 Å². The number of rotatable bonds is 3. The lowest BCUT2D eigenvalue weighted by Crippen LogP contribution is -2.09. The number of hydrogen-bond donors (Lipinski definition) is 2. The molecule has 0 aliphatic rings. The molecule has 17 heavy (non-hydrogen) atoms. The number of hydrogen-bond acceptors (Lipinski definition) is 4. The molecule has 0 atom stereocenters. The van der Waals surface area contributed by atoms with Crippen molar-refractivity contribution in [2.24, 2.45) is 5.73 Å². The van der Waals surface area contributed by atoms with Gasteiger partial charge in [0.1, 0.15) is 11.5 Å². The number of benzene rings is 1. The number of carbonyl (C=O) groups excluding carboxylic acids is 1. The van der Waals surface area contributed by atoms with Crippen molar-refractivity contribution < 1.29 is 13.9 Å². The maximum atomic E-state index is 10.9. The van der Waals surface area contributed by atoms with Gasteiger partial charge in [-0.3, -0.25) is 4.79 Å². The number of primary amides is 1. The van der Waals surface area contributed by atoms with Gasteiger partial charge >= 0.3 is 0 Å². The second-order valence-corrected chi connectivity index (χ2v) is 3.49. The minimum Gasteiger partial charge on any atom is -0.496 e. The van der Waals surface area contributed by atoms with Crippen LogP contribution in [-0.4, -0.2) is 13.0 Å². The highest BCUT2D eigenvalue weighted by atomic mass is 16.5. The van der Waals surface area contributed by atoms with E-state index >= 15 is 0 Å². The fourth-order valence-corrected chi connectivity index (χ4v) is 1.53. The summed E-state index contributed by atoms with van der Waals surface area (Å²) in [5, 5.41) is 0. The molecule has 1 amide bonds. The van der Waals surface area contributed by atoms with Crippen LogP contribution >= 0.6 is 0 Å². The van der Waals surface area contributed by atoms with Crippen LogP contribution in [0.4, 0.5) is 5.69 Å². The van der Waals surface area contributed by atoms with E-state index in [0.717, 1.165) is 0 Å². The lowest BCUT2D eigenvalue weighted by Gasteiger charge is -2.06. The average molecular weight is 232 g/mol. The first kappa shape index (κ1) is 11.1. The number of nitrogens with two attached hydrogens (primary N) is 2. The Morgan fingerprint density at radius 2 is 2.06 bits per heavy atom. The molecule has 0 saturated carbocycles. The second kappa shape index (κ2) is 4.21. The van der Waals surface area contributed by atoms with Crippen LogP contribution in [0.5, 0.6) is 5.75 Å². The molecule has 5 nitrogen and oxygen atoms in total. The van der Waals surface area contributed by atoms with E-state index < -0.39 is 5.91 Å². The Kier molecular flexibility index (Phi) is 2.74. The summed E-state index contributed by atoms with van der Waals surface area (Å²) in [5.74, 6) is 0.594. The highest BCUT2D eigenvalue weighted by molar-refractivity contribution is 5.90. The van der Waals surface area contributed by atoms with Gasteiger partial charge in [0.25, 0.3) is 5.91 Å². The molecule has 0 aliphatic carbocycles. The van der Waals surface area contributed by atoms with E-state index in [1.54, 1.807) is 31.4 Å². The normalized spacial score (nSPS) is 10.2. The third-order valence-electron chi connectivity index (χ3n) is 2.34. The first-order chi connectivity index (χ1) is 8.11. The van der Waals surface area contributed by atoms with Gasteiger partial charge < -0.3 is 20.6 Å². The molecule has 1 aromatic heterocycles. The molecule has 2 aromatic rings. The smallest absolute Gasteiger partial charge is 0.284 e. The van der Waals surface area contributed by atoms with Gasteiger partial charge in [-0.15, -0.1) is 0 Å². The third kappa shape index (κ3) is 2.08. The predicted molar refractivity (Wildman–Crippen MR) is 63.6 cm³/mol. The second-order valence-electron chi connectivity index (χ2n) is 3.49. The molecule has 0 aliphatic heterocycles. The molecule has 88 valence electrons. The molecule has 1 aromatic carbocycles. The van der Waals surface area contributed by atoms with Gasteiger partial charge in [-0.25, -0.2) is 0 Å². The Balaban J connectivity index is 2.51. The van der Waals surface area contributed by atoms with E-state index in [2.05, 4.69) is 0 Å². The zero-order valence-corrected chi connectivity index (χ0v) is 9.27. The summed E-state index contributed by atoms with van der Waals surface area (Å²) >= 11 is 0. The number of furan rings is 1. The van der Waals surface area contributed by atoms with Gasteiger partial charge in [-0.2, -0.15) is 0 Å². The molecule has 1 heterocycles. The van der Waals surface area contributed by atoms with Crippen LogP contribution in [0.15, 0.2) is 34.7 Å². The first-order valence-corrected chi connectivity index (χ1v) is 4.95. The molecule has 0 spiro atoms. The largest absolute Gasteiger partial charge is 0.496 e. The van der Waals surface area contributed by atoms with Crippen molar-refractivity contribution >= 4 is 11.6 Å². The van der Waals surface area contributed by atoms with Crippen LogP contribution in [0.25, 0.3) is 11.3 Å². The van der Waals surface area contributed by atoms with Crippen molar-refractivity contribution in [1.29, 1.82) is 0 Å². The highest BCUT2D eigenvalue weighted by Crippen LogP contribution is 2.32. The third-order valence-corrected chi connectivity index (χ3v) is 2.34. The van der Waals surface area contributed by atoms with Crippen LogP contribution < -0.4 is 16.2 Å². The number of ether oxygens (including phenoxy) is 1. The van der Waals surface area contributed by atoms with Crippen LogP contribution in [0.2, 0.25) is 0 Å². The predicted octanol–water partition coefficient (Wildman–Crippen LogP) is 1.64. The van der Waals surface area contributed by atoms with Crippen molar-refractivity contribution in [3.63, 3.8) is 0 Å². The summed E-state index contributed by atoms with van der Waals surface area (Å²) in [5.41, 5.74) is 12.1. The number of carbonyl (C=O) groups is 1. The molecular weight excluding hydrogens is 220 g/mol. The van der Waals surface area contributed by atoms with Crippen molar-refractivity contribution in [3.05, 3.63) is 36.1 Å². The minimum absolute atomic E-state index is 0.101. The number of methoxy groups -OCH3 is 1. The number of anilines is 1. The molecular formula is C12H12N2O3. The van der Waals surface area contributed by atoms with Crippen LogP contribution in [-0.2, 0) is 0 Å². The molecule has 0 unspecified atom stereocenters. The maximum absolute atomic E-state index is 10.9. The summed E-state index contributed by atoms with van der Waals surface area (Å²) in [6, 6.07) is 8.33. The molecule has 0 bridgehead atoms. The van der Waals surface area contributed by atoms with E-state index in [1.807, 2.05) is 0 Å². The zero-order valence-electron chi connectivity index (χ0n) is 9.27. The number of nitrogen functional groups attached to an aromatic ring is 1. The van der Waals surface area contributed by atoms with Crippen LogP contribution in [0.1, 0.15) is 10.6 Å². The topological polar surface area (TPSA) is 91.5 Å². The average Bonchev–Trinajstić information content (AvgIpc) is 2.78. The molecule has 2 rings (SSSR count). The van der Waals surface area contributed by atoms with E-state index in [-0.39, 0.29) is 5.76 Å². The standard InChI is InChI=1S/C12H12N2O3/c1-16-9-3-2-7(13)6-8(9)10-4-5-11(17-10)12(14)15/h2-6H,13H2,1H3,(H2,14,15). The van der Waals surface area contributed by atoms with E-state index in [4.69, 9.17) is 20.6 Å². The molecule has 0 fully saturated rings.